The molecule has 0 bridgehead atoms. The van der Waals surface area contributed by atoms with Gasteiger partial charge in [0.1, 0.15) is 23.4 Å². The molecule has 0 N–H and O–H groups in total. The summed E-state index contributed by atoms with van der Waals surface area (Å²) in [6.07, 6.45) is -0.195. The molecule has 0 aromatic heterocycles. The third-order valence-electron chi connectivity index (χ3n) is 7.26. The van der Waals surface area contributed by atoms with Crippen LogP contribution in [0.5, 0.6) is 0 Å². The van der Waals surface area contributed by atoms with Crippen LogP contribution in [-0.2, 0) is 25.4 Å². The number of rotatable bonds is 8. The summed E-state index contributed by atoms with van der Waals surface area (Å²) >= 11 is 0. The maximum absolute atomic E-state index is 7.65. The molecule has 4 unspecified atom stereocenters. The maximum Gasteiger partial charge on any atom is 0.148 e. The molecule has 4 aromatic carbocycles. The predicted molar refractivity (Wildman–Crippen MR) is 137 cm³/mol. The molecule has 2 heterocycles. The van der Waals surface area contributed by atoms with Gasteiger partial charge in [0.25, 0.3) is 0 Å². The second-order valence-corrected chi connectivity index (χ2v) is 9.68. The molecular weight excluding hydrogens is 432 g/mol. The minimum absolute atomic E-state index is 0.0973. The molecule has 0 spiro atoms. The van der Waals surface area contributed by atoms with Crippen molar-refractivity contribution in [2.45, 2.75) is 37.3 Å². The van der Waals surface area contributed by atoms with Crippen molar-refractivity contribution in [1.29, 1.82) is 0 Å². The highest BCUT2D eigenvalue weighted by molar-refractivity contribution is 5.45. The number of aryl methyl sites for hydroxylation is 2. The Morgan fingerprint density at radius 2 is 0.829 bits per heavy atom. The standard InChI is InChI=1S/C32H30O3/c1-23-13-17-27(18-14-23)31(29-21-33-29,25-9-5-3-6-10-25)35-32(30-22-34-30,26-11-7-4-8-12-26)28-19-15-24(2)16-20-28/h3-20,29-30H,21-22H2,1-2H3. The molecule has 0 saturated carbocycles. The quantitative estimate of drug-likeness (QED) is 0.288. The van der Waals surface area contributed by atoms with Crippen molar-refractivity contribution < 1.29 is 14.2 Å². The van der Waals surface area contributed by atoms with Crippen LogP contribution in [0.1, 0.15) is 33.4 Å². The van der Waals surface area contributed by atoms with Crippen LogP contribution in [0.15, 0.2) is 109 Å². The molecule has 3 nitrogen and oxygen atoms in total. The van der Waals surface area contributed by atoms with E-state index >= 15 is 0 Å². The van der Waals surface area contributed by atoms with E-state index in [1.807, 2.05) is 12.1 Å². The van der Waals surface area contributed by atoms with Gasteiger partial charge in [-0.1, -0.05) is 120 Å². The van der Waals surface area contributed by atoms with E-state index in [1.165, 1.54) is 11.1 Å². The highest BCUT2D eigenvalue weighted by Gasteiger charge is 2.60. The predicted octanol–water partition coefficient (Wildman–Crippen LogP) is 6.31. The molecule has 0 radical (unpaired) electrons. The van der Waals surface area contributed by atoms with Crippen LogP contribution in [0, 0.1) is 13.8 Å². The van der Waals surface area contributed by atoms with Crippen LogP contribution in [0.3, 0.4) is 0 Å². The Labute approximate surface area is 207 Å². The Morgan fingerprint density at radius 3 is 1.14 bits per heavy atom. The number of benzene rings is 4. The molecule has 3 heteroatoms. The van der Waals surface area contributed by atoms with Crippen molar-refractivity contribution in [2.75, 3.05) is 13.2 Å². The Kier molecular flexibility index (Phi) is 5.57. The fourth-order valence-electron chi connectivity index (χ4n) is 5.24. The van der Waals surface area contributed by atoms with E-state index in [1.54, 1.807) is 0 Å². The first-order chi connectivity index (χ1) is 17.1. The fourth-order valence-corrected chi connectivity index (χ4v) is 5.24. The molecule has 0 amide bonds. The molecule has 2 aliphatic heterocycles. The second-order valence-electron chi connectivity index (χ2n) is 9.68. The lowest BCUT2D eigenvalue weighted by molar-refractivity contribution is -0.147. The lowest BCUT2D eigenvalue weighted by atomic mass is 9.78. The normalized spacial score (nSPS) is 22.1. The van der Waals surface area contributed by atoms with Gasteiger partial charge in [-0.25, -0.2) is 0 Å². The van der Waals surface area contributed by atoms with Crippen molar-refractivity contribution in [3.05, 3.63) is 143 Å². The fraction of sp³-hybridized carbons (Fsp3) is 0.250. The first kappa shape index (κ1) is 22.2. The van der Waals surface area contributed by atoms with Crippen molar-refractivity contribution >= 4 is 0 Å². The van der Waals surface area contributed by atoms with E-state index < -0.39 is 11.2 Å². The lowest BCUT2D eigenvalue weighted by Crippen LogP contribution is -2.49. The molecule has 4 atom stereocenters. The summed E-state index contributed by atoms with van der Waals surface area (Å²) in [5, 5.41) is 0. The molecular formula is C32H30O3. The topological polar surface area (TPSA) is 34.3 Å². The largest absolute Gasteiger partial charge is 0.369 e. The maximum atomic E-state index is 7.65. The van der Waals surface area contributed by atoms with Crippen molar-refractivity contribution in [3.63, 3.8) is 0 Å². The smallest absolute Gasteiger partial charge is 0.148 e. The monoisotopic (exact) mass is 462 g/mol. The van der Waals surface area contributed by atoms with E-state index in [0.29, 0.717) is 13.2 Å². The van der Waals surface area contributed by atoms with Gasteiger partial charge in [-0.2, -0.15) is 0 Å². The van der Waals surface area contributed by atoms with Crippen molar-refractivity contribution in [2.24, 2.45) is 0 Å². The van der Waals surface area contributed by atoms with Gasteiger partial charge in [0.15, 0.2) is 0 Å². The second kappa shape index (κ2) is 8.76. The molecule has 0 aliphatic carbocycles. The van der Waals surface area contributed by atoms with E-state index in [9.17, 15) is 0 Å². The van der Waals surface area contributed by atoms with E-state index in [2.05, 4.69) is 111 Å². The zero-order valence-corrected chi connectivity index (χ0v) is 20.2. The number of hydrogen-bond acceptors (Lipinski definition) is 3. The van der Waals surface area contributed by atoms with Crippen molar-refractivity contribution in [1.82, 2.24) is 0 Å². The summed E-state index contributed by atoms with van der Waals surface area (Å²) in [4.78, 5) is 0. The third kappa shape index (κ3) is 3.90. The van der Waals surface area contributed by atoms with Gasteiger partial charge in [0.05, 0.1) is 13.2 Å². The van der Waals surface area contributed by atoms with Gasteiger partial charge < -0.3 is 14.2 Å². The minimum atomic E-state index is -0.804. The van der Waals surface area contributed by atoms with Gasteiger partial charge >= 0.3 is 0 Å². The molecule has 2 fully saturated rings. The van der Waals surface area contributed by atoms with Gasteiger partial charge in [0.2, 0.25) is 0 Å². The van der Waals surface area contributed by atoms with Gasteiger partial charge in [-0.15, -0.1) is 0 Å². The molecule has 176 valence electrons. The van der Waals surface area contributed by atoms with Crippen LogP contribution >= 0.6 is 0 Å². The van der Waals surface area contributed by atoms with E-state index in [4.69, 9.17) is 14.2 Å². The average molecular weight is 463 g/mol. The number of hydrogen-bond donors (Lipinski definition) is 0. The summed E-state index contributed by atoms with van der Waals surface area (Å²) in [7, 11) is 0. The molecule has 2 saturated heterocycles. The van der Waals surface area contributed by atoms with Gasteiger partial charge in [-0.3, -0.25) is 0 Å². The number of epoxide rings is 2. The first-order valence-electron chi connectivity index (χ1n) is 12.3. The van der Waals surface area contributed by atoms with Crippen LogP contribution < -0.4 is 0 Å². The van der Waals surface area contributed by atoms with Crippen LogP contribution in [0.25, 0.3) is 0 Å². The zero-order chi connectivity index (χ0) is 23.9. The third-order valence-corrected chi connectivity index (χ3v) is 7.26. The van der Waals surface area contributed by atoms with E-state index in [0.717, 1.165) is 22.3 Å². The van der Waals surface area contributed by atoms with Crippen LogP contribution in [0.4, 0.5) is 0 Å². The summed E-state index contributed by atoms with van der Waals surface area (Å²) in [6, 6.07) is 38.4. The average Bonchev–Trinajstić information content (AvgIpc) is 3.82. The molecule has 4 aromatic rings. The van der Waals surface area contributed by atoms with E-state index in [-0.39, 0.29) is 12.2 Å². The highest BCUT2D eigenvalue weighted by Crippen LogP contribution is 2.53. The molecule has 6 rings (SSSR count). The Bertz CT molecular complexity index is 1170. The summed E-state index contributed by atoms with van der Waals surface area (Å²) in [5.41, 5.74) is 5.16. The first-order valence-corrected chi connectivity index (χ1v) is 12.3. The minimum Gasteiger partial charge on any atom is -0.369 e. The Balaban J connectivity index is 1.63. The lowest BCUT2D eigenvalue weighted by Gasteiger charge is -2.44. The van der Waals surface area contributed by atoms with Crippen LogP contribution in [0.2, 0.25) is 0 Å². The Hall–Kier alpha value is -3.24. The highest BCUT2D eigenvalue weighted by atomic mass is 16.6. The molecule has 2 aliphatic rings. The Morgan fingerprint density at radius 1 is 0.514 bits per heavy atom. The van der Waals surface area contributed by atoms with Gasteiger partial charge in [0, 0.05) is 0 Å². The summed E-state index contributed by atoms with van der Waals surface area (Å²) in [5.74, 6) is 0. The SMILES string of the molecule is Cc1ccc(C(OC(c2ccccc2)(c2ccc(C)cc2)C2CO2)(c2ccccc2)C2CO2)cc1. The summed E-state index contributed by atoms with van der Waals surface area (Å²) < 4.78 is 19.8. The summed E-state index contributed by atoms with van der Waals surface area (Å²) in [6.45, 7) is 5.52. The zero-order valence-electron chi connectivity index (χ0n) is 20.2. The van der Waals surface area contributed by atoms with Crippen molar-refractivity contribution in [3.8, 4) is 0 Å². The number of ether oxygens (including phenoxy) is 3. The van der Waals surface area contributed by atoms with Gasteiger partial charge in [-0.05, 0) is 36.1 Å². The van der Waals surface area contributed by atoms with Crippen LogP contribution in [-0.4, -0.2) is 25.4 Å². The molecule has 35 heavy (non-hydrogen) atoms.